The van der Waals surface area contributed by atoms with Gasteiger partial charge < -0.3 is 10.1 Å². The van der Waals surface area contributed by atoms with Crippen molar-refractivity contribution in [1.82, 2.24) is 15.3 Å². The zero-order valence-electron chi connectivity index (χ0n) is 7.52. The topological polar surface area (TPSA) is 47.0 Å². The van der Waals surface area contributed by atoms with Gasteiger partial charge in [0.05, 0.1) is 5.69 Å². The Hall–Kier alpha value is -1.07. The van der Waals surface area contributed by atoms with E-state index in [0.29, 0.717) is 4.99 Å². The van der Waals surface area contributed by atoms with Crippen LogP contribution in [-0.4, -0.2) is 29.1 Å². The number of ether oxygens (including phenoxy) is 1. The van der Waals surface area contributed by atoms with Crippen LogP contribution in [0.1, 0.15) is 11.8 Å². The SMILES string of the molecule is CNC(=S)C(OC)c1ccncn1. The molecule has 0 aliphatic carbocycles. The van der Waals surface area contributed by atoms with Gasteiger partial charge in [-0.1, -0.05) is 12.2 Å². The van der Waals surface area contributed by atoms with E-state index in [1.54, 1.807) is 26.4 Å². The Labute approximate surface area is 82.4 Å². The summed E-state index contributed by atoms with van der Waals surface area (Å²) >= 11 is 5.06. The molecule has 0 amide bonds. The number of nitrogens with one attached hydrogen (secondary N) is 1. The Kier molecular flexibility index (Phi) is 3.72. The zero-order valence-corrected chi connectivity index (χ0v) is 8.34. The fraction of sp³-hybridized carbons (Fsp3) is 0.375. The molecule has 0 aliphatic heterocycles. The van der Waals surface area contributed by atoms with Crippen molar-refractivity contribution in [2.75, 3.05) is 14.2 Å². The molecule has 0 spiro atoms. The van der Waals surface area contributed by atoms with E-state index in [9.17, 15) is 0 Å². The van der Waals surface area contributed by atoms with E-state index in [2.05, 4.69) is 15.3 Å². The molecule has 1 aromatic rings. The standard InChI is InChI=1S/C8H11N3OS/c1-9-8(13)7(12-2)6-3-4-10-5-11-6/h3-5,7H,1-2H3,(H,9,13). The van der Waals surface area contributed by atoms with Gasteiger partial charge in [0.1, 0.15) is 17.4 Å². The molecule has 0 saturated carbocycles. The normalized spacial score (nSPS) is 12.2. The lowest BCUT2D eigenvalue weighted by Crippen LogP contribution is -2.25. The second kappa shape index (κ2) is 4.84. The molecule has 13 heavy (non-hydrogen) atoms. The van der Waals surface area contributed by atoms with E-state index in [4.69, 9.17) is 17.0 Å². The molecule has 0 aliphatic rings. The molecular weight excluding hydrogens is 186 g/mol. The average molecular weight is 197 g/mol. The number of aromatic nitrogens is 2. The highest BCUT2D eigenvalue weighted by atomic mass is 32.1. The van der Waals surface area contributed by atoms with Crippen LogP contribution < -0.4 is 5.32 Å². The molecule has 4 nitrogen and oxygen atoms in total. The summed E-state index contributed by atoms with van der Waals surface area (Å²) in [6.07, 6.45) is 2.84. The molecule has 1 unspecified atom stereocenters. The third-order valence-corrected chi connectivity index (χ3v) is 2.01. The van der Waals surface area contributed by atoms with Crippen molar-refractivity contribution >= 4 is 17.2 Å². The van der Waals surface area contributed by atoms with Crippen molar-refractivity contribution in [3.63, 3.8) is 0 Å². The first kappa shape index (κ1) is 10.0. The first-order chi connectivity index (χ1) is 6.29. The van der Waals surface area contributed by atoms with Gasteiger partial charge in [0.15, 0.2) is 0 Å². The number of rotatable bonds is 3. The van der Waals surface area contributed by atoms with Crippen molar-refractivity contribution in [2.45, 2.75) is 6.10 Å². The van der Waals surface area contributed by atoms with Crippen LogP contribution >= 0.6 is 12.2 Å². The minimum Gasteiger partial charge on any atom is -0.380 e. The van der Waals surface area contributed by atoms with E-state index >= 15 is 0 Å². The smallest absolute Gasteiger partial charge is 0.149 e. The number of thiocarbonyl (C=S) groups is 1. The maximum absolute atomic E-state index is 5.20. The Morgan fingerprint density at radius 3 is 2.92 bits per heavy atom. The Bertz CT molecular complexity index is 278. The van der Waals surface area contributed by atoms with E-state index in [1.165, 1.54) is 6.33 Å². The third kappa shape index (κ3) is 2.43. The van der Waals surface area contributed by atoms with Crippen LogP contribution in [0.4, 0.5) is 0 Å². The van der Waals surface area contributed by atoms with E-state index in [0.717, 1.165) is 5.69 Å². The fourth-order valence-corrected chi connectivity index (χ4v) is 1.17. The van der Waals surface area contributed by atoms with E-state index in [1.807, 2.05) is 0 Å². The summed E-state index contributed by atoms with van der Waals surface area (Å²) in [4.78, 5) is 8.48. The molecule has 1 heterocycles. The first-order valence-electron chi connectivity index (χ1n) is 3.80. The summed E-state index contributed by atoms with van der Waals surface area (Å²) in [5.74, 6) is 0. The molecule has 1 N–H and O–H groups in total. The van der Waals surface area contributed by atoms with Crippen LogP contribution in [0.15, 0.2) is 18.6 Å². The number of methoxy groups -OCH3 is 1. The van der Waals surface area contributed by atoms with Crippen LogP contribution in [-0.2, 0) is 4.74 Å². The maximum Gasteiger partial charge on any atom is 0.149 e. The highest BCUT2D eigenvalue weighted by molar-refractivity contribution is 7.80. The van der Waals surface area contributed by atoms with Gasteiger partial charge in [0.25, 0.3) is 0 Å². The molecule has 0 saturated heterocycles. The molecule has 0 aromatic carbocycles. The predicted octanol–water partition coefficient (Wildman–Crippen LogP) is 0.711. The molecule has 1 rings (SSSR count). The fourth-order valence-electron chi connectivity index (χ4n) is 0.949. The lowest BCUT2D eigenvalue weighted by atomic mass is 10.2. The van der Waals surface area contributed by atoms with Gasteiger partial charge in [-0.05, 0) is 6.07 Å². The lowest BCUT2D eigenvalue weighted by Gasteiger charge is -2.14. The van der Waals surface area contributed by atoms with Gasteiger partial charge in [-0.3, -0.25) is 0 Å². The van der Waals surface area contributed by atoms with E-state index < -0.39 is 0 Å². The third-order valence-electron chi connectivity index (χ3n) is 1.59. The lowest BCUT2D eigenvalue weighted by molar-refractivity contribution is 0.154. The van der Waals surface area contributed by atoms with Gasteiger partial charge in [0, 0.05) is 20.4 Å². The van der Waals surface area contributed by atoms with Crippen molar-refractivity contribution in [1.29, 1.82) is 0 Å². The van der Waals surface area contributed by atoms with Gasteiger partial charge in [-0.25, -0.2) is 9.97 Å². The van der Waals surface area contributed by atoms with Crippen LogP contribution in [0.2, 0.25) is 0 Å². The summed E-state index contributed by atoms with van der Waals surface area (Å²) in [5.41, 5.74) is 0.761. The van der Waals surface area contributed by atoms with Crippen molar-refractivity contribution in [2.24, 2.45) is 0 Å². The Balaban J connectivity index is 2.85. The van der Waals surface area contributed by atoms with Gasteiger partial charge in [-0.15, -0.1) is 0 Å². The van der Waals surface area contributed by atoms with Crippen LogP contribution in [0.25, 0.3) is 0 Å². The Morgan fingerprint density at radius 2 is 2.46 bits per heavy atom. The summed E-state index contributed by atoms with van der Waals surface area (Å²) in [5, 5.41) is 2.86. The first-order valence-corrected chi connectivity index (χ1v) is 4.20. The number of nitrogens with zero attached hydrogens (tertiary/aromatic N) is 2. The van der Waals surface area contributed by atoms with Crippen molar-refractivity contribution < 1.29 is 4.74 Å². The van der Waals surface area contributed by atoms with Crippen LogP contribution in [0.5, 0.6) is 0 Å². The summed E-state index contributed by atoms with van der Waals surface area (Å²) in [7, 11) is 3.35. The molecule has 0 fully saturated rings. The molecule has 1 atom stereocenters. The molecule has 70 valence electrons. The maximum atomic E-state index is 5.20. The monoisotopic (exact) mass is 197 g/mol. The predicted molar refractivity (Wildman–Crippen MR) is 53.4 cm³/mol. The van der Waals surface area contributed by atoms with Crippen LogP contribution in [0, 0.1) is 0 Å². The van der Waals surface area contributed by atoms with Gasteiger partial charge in [-0.2, -0.15) is 0 Å². The highest BCUT2D eigenvalue weighted by Gasteiger charge is 2.15. The van der Waals surface area contributed by atoms with Crippen molar-refractivity contribution in [3.8, 4) is 0 Å². The number of likely N-dealkylation sites (N-methyl/N-ethyl adjacent to an activating group) is 1. The number of hydrogen-bond donors (Lipinski definition) is 1. The molecular formula is C8H11N3OS. The minimum atomic E-state index is -0.289. The summed E-state index contributed by atoms with van der Waals surface area (Å²) in [6, 6.07) is 1.78. The van der Waals surface area contributed by atoms with Crippen molar-refractivity contribution in [3.05, 3.63) is 24.3 Å². The van der Waals surface area contributed by atoms with Gasteiger partial charge in [0.2, 0.25) is 0 Å². The second-order valence-electron chi connectivity index (χ2n) is 2.36. The summed E-state index contributed by atoms with van der Waals surface area (Å²) < 4.78 is 5.20. The molecule has 5 heteroatoms. The molecule has 0 bridgehead atoms. The highest BCUT2D eigenvalue weighted by Crippen LogP contribution is 2.13. The largest absolute Gasteiger partial charge is 0.380 e. The average Bonchev–Trinajstić information content (AvgIpc) is 2.20. The summed E-state index contributed by atoms with van der Waals surface area (Å²) in [6.45, 7) is 0. The molecule has 1 aromatic heterocycles. The van der Waals surface area contributed by atoms with Gasteiger partial charge >= 0.3 is 0 Å². The quantitative estimate of drug-likeness (QED) is 0.723. The second-order valence-corrected chi connectivity index (χ2v) is 2.80. The van der Waals surface area contributed by atoms with E-state index in [-0.39, 0.29) is 6.10 Å². The zero-order chi connectivity index (χ0) is 9.68. The number of hydrogen-bond acceptors (Lipinski definition) is 4. The van der Waals surface area contributed by atoms with Crippen LogP contribution in [0.3, 0.4) is 0 Å². The Morgan fingerprint density at radius 1 is 1.69 bits per heavy atom. The molecule has 0 radical (unpaired) electrons. The minimum absolute atomic E-state index is 0.289.